The molecule has 0 amide bonds. The lowest BCUT2D eigenvalue weighted by molar-refractivity contribution is 0.608. The van der Waals surface area contributed by atoms with E-state index in [1.807, 2.05) is 0 Å². The molecule has 0 aromatic heterocycles. The maximum absolute atomic E-state index is 12.4. The van der Waals surface area contributed by atoms with E-state index < -0.39 is 11.6 Å². The molecule has 0 bridgehead atoms. The molecule has 1 rings (SSSR count). The molecular weight excluding hydrogens is 174 g/mol. The first-order chi connectivity index (χ1) is 4.63. The Bertz CT molecular complexity index is 238. The molecule has 11 heavy (non-hydrogen) atoms. The molecule has 1 aromatic rings. The van der Waals surface area contributed by atoms with Crippen LogP contribution >= 0.6 is 12.4 Å². The fraction of sp³-hybridized carbons (Fsp3) is 0. The molecule has 0 spiro atoms. The Hall–Kier alpha value is -1.03. The molecule has 4 N–H and O–H groups in total. The zero-order chi connectivity index (χ0) is 7.72. The summed E-state index contributed by atoms with van der Waals surface area (Å²) in [4.78, 5) is 0. The highest BCUT2D eigenvalue weighted by molar-refractivity contribution is 5.85. The molecule has 62 valence electrons. The van der Waals surface area contributed by atoms with Crippen molar-refractivity contribution >= 4 is 23.8 Å². The van der Waals surface area contributed by atoms with Crippen LogP contribution in [-0.4, -0.2) is 0 Å². The van der Waals surface area contributed by atoms with Crippen LogP contribution < -0.4 is 11.5 Å². The van der Waals surface area contributed by atoms with Gasteiger partial charge in [0.15, 0.2) is 0 Å². The maximum Gasteiger partial charge on any atom is 0.148 e. The smallest absolute Gasteiger partial charge is 0.148 e. The van der Waals surface area contributed by atoms with Gasteiger partial charge in [-0.3, -0.25) is 0 Å². The lowest BCUT2D eigenvalue weighted by Gasteiger charge is -2.00. The van der Waals surface area contributed by atoms with E-state index in [1.165, 1.54) is 0 Å². The van der Waals surface area contributed by atoms with E-state index in [4.69, 9.17) is 11.5 Å². The Morgan fingerprint density at radius 3 is 1.45 bits per heavy atom. The zero-order valence-electron chi connectivity index (χ0n) is 5.47. The molecule has 5 heteroatoms. The van der Waals surface area contributed by atoms with E-state index in [0.717, 1.165) is 12.1 Å². The molecule has 0 aliphatic heterocycles. The van der Waals surface area contributed by atoms with Crippen LogP contribution in [-0.2, 0) is 0 Å². The Kier molecular flexibility index (Phi) is 3.07. The fourth-order valence-corrected chi connectivity index (χ4v) is 0.583. The Morgan fingerprint density at radius 2 is 1.18 bits per heavy atom. The second-order valence-electron chi connectivity index (χ2n) is 1.86. The lowest BCUT2D eigenvalue weighted by Crippen LogP contribution is -2.00. The van der Waals surface area contributed by atoms with Crippen molar-refractivity contribution in [2.24, 2.45) is 0 Å². The van der Waals surface area contributed by atoms with Gasteiger partial charge in [0.2, 0.25) is 0 Å². The number of nitrogen functional groups attached to an aromatic ring is 2. The minimum Gasteiger partial charge on any atom is -0.395 e. The molecule has 1 aromatic carbocycles. The molecule has 0 unspecified atom stereocenters. The largest absolute Gasteiger partial charge is 0.395 e. The van der Waals surface area contributed by atoms with Gasteiger partial charge in [-0.15, -0.1) is 12.4 Å². The highest BCUT2D eigenvalue weighted by Crippen LogP contribution is 2.20. The molecule has 0 fully saturated rings. The fourth-order valence-electron chi connectivity index (χ4n) is 0.583. The van der Waals surface area contributed by atoms with Gasteiger partial charge in [-0.2, -0.15) is 0 Å². The average Bonchev–Trinajstić information content (AvgIpc) is 1.93. The number of benzene rings is 1. The minimum atomic E-state index is -0.695. The van der Waals surface area contributed by atoms with Gasteiger partial charge in [-0.05, 0) is 12.1 Å². The van der Waals surface area contributed by atoms with E-state index in [2.05, 4.69) is 0 Å². The van der Waals surface area contributed by atoms with Crippen molar-refractivity contribution in [2.75, 3.05) is 11.5 Å². The van der Waals surface area contributed by atoms with Gasteiger partial charge in [0.05, 0.1) is 11.4 Å². The van der Waals surface area contributed by atoms with Crippen LogP contribution in [0, 0.1) is 11.6 Å². The van der Waals surface area contributed by atoms with Crippen molar-refractivity contribution in [1.29, 1.82) is 0 Å². The van der Waals surface area contributed by atoms with Crippen LogP contribution in [0.25, 0.3) is 0 Å². The molecule has 0 heterocycles. The highest BCUT2D eigenvalue weighted by atomic mass is 35.5. The van der Waals surface area contributed by atoms with Gasteiger partial charge in [-0.1, -0.05) is 0 Å². The average molecular weight is 181 g/mol. The summed E-state index contributed by atoms with van der Waals surface area (Å²) in [5.74, 6) is -1.39. The second kappa shape index (κ2) is 3.39. The molecular formula is C6H7ClF2N2. The molecule has 0 aliphatic rings. The van der Waals surface area contributed by atoms with Gasteiger partial charge in [-0.25, -0.2) is 8.78 Å². The summed E-state index contributed by atoms with van der Waals surface area (Å²) in [5.41, 5.74) is 9.42. The number of hydrogen-bond donors (Lipinski definition) is 2. The maximum atomic E-state index is 12.4. The minimum absolute atomic E-state index is 0. The van der Waals surface area contributed by atoms with E-state index >= 15 is 0 Å². The van der Waals surface area contributed by atoms with E-state index in [9.17, 15) is 8.78 Å². The summed E-state index contributed by atoms with van der Waals surface area (Å²) in [6, 6.07) is 1.86. The van der Waals surface area contributed by atoms with Gasteiger partial charge >= 0.3 is 0 Å². The molecule has 0 radical (unpaired) electrons. The van der Waals surface area contributed by atoms with Crippen molar-refractivity contribution in [1.82, 2.24) is 0 Å². The van der Waals surface area contributed by atoms with Crippen LogP contribution in [0.3, 0.4) is 0 Å². The van der Waals surface area contributed by atoms with Crippen molar-refractivity contribution in [3.8, 4) is 0 Å². The predicted octanol–water partition coefficient (Wildman–Crippen LogP) is 1.55. The third kappa shape index (κ3) is 1.71. The van der Waals surface area contributed by atoms with Crippen LogP contribution in [0.15, 0.2) is 12.1 Å². The monoisotopic (exact) mass is 180 g/mol. The van der Waals surface area contributed by atoms with E-state index in [1.54, 1.807) is 0 Å². The molecule has 0 atom stereocenters. The number of rotatable bonds is 0. The number of nitrogens with two attached hydrogens (primary N) is 2. The van der Waals surface area contributed by atoms with Gasteiger partial charge in [0.25, 0.3) is 0 Å². The Balaban J connectivity index is 0.000001000. The quantitative estimate of drug-likeness (QED) is 0.596. The molecule has 0 saturated carbocycles. The standard InChI is InChI=1S/C6H6F2N2.ClH/c7-3-1-2-4(8)6(10)5(3)9;/h1-2H,9-10H2;1H. The summed E-state index contributed by atoms with van der Waals surface area (Å²) in [7, 11) is 0. The number of hydrogen-bond acceptors (Lipinski definition) is 2. The van der Waals surface area contributed by atoms with Crippen molar-refractivity contribution in [2.45, 2.75) is 0 Å². The third-order valence-electron chi connectivity index (χ3n) is 1.18. The van der Waals surface area contributed by atoms with Crippen molar-refractivity contribution in [3.63, 3.8) is 0 Å². The zero-order valence-corrected chi connectivity index (χ0v) is 6.29. The first-order valence-electron chi connectivity index (χ1n) is 2.62. The summed E-state index contributed by atoms with van der Waals surface area (Å²) in [6.45, 7) is 0. The summed E-state index contributed by atoms with van der Waals surface area (Å²) >= 11 is 0. The van der Waals surface area contributed by atoms with Gasteiger partial charge in [0.1, 0.15) is 11.6 Å². The first kappa shape index (κ1) is 9.97. The van der Waals surface area contributed by atoms with E-state index in [-0.39, 0.29) is 23.8 Å². The van der Waals surface area contributed by atoms with Gasteiger partial charge in [0, 0.05) is 0 Å². The van der Waals surface area contributed by atoms with E-state index in [0.29, 0.717) is 0 Å². The summed E-state index contributed by atoms with van der Waals surface area (Å²) < 4.78 is 24.8. The molecule has 0 aliphatic carbocycles. The second-order valence-corrected chi connectivity index (χ2v) is 1.86. The molecule has 2 nitrogen and oxygen atoms in total. The topological polar surface area (TPSA) is 52.0 Å². The third-order valence-corrected chi connectivity index (χ3v) is 1.18. The Morgan fingerprint density at radius 1 is 0.909 bits per heavy atom. The van der Waals surface area contributed by atoms with Crippen LogP contribution in [0.5, 0.6) is 0 Å². The van der Waals surface area contributed by atoms with Crippen molar-refractivity contribution in [3.05, 3.63) is 23.8 Å². The van der Waals surface area contributed by atoms with Crippen molar-refractivity contribution < 1.29 is 8.78 Å². The van der Waals surface area contributed by atoms with Crippen LogP contribution in [0.2, 0.25) is 0 Å². The molecule has 0 saturated heterocycles. The summed E-state index contributed by atoms with van der Waals surface area (Å²) in [5, 5.41) is 0. The Labute approximate surface area is 68.6 Å². The SMILES string of the molecule is Cl.Nc1c(F)ccc(F)c1N. The number of anilines is 2. The lowest BCUT2D eigenvalue weighted by atomic mass is 10.2. The predicted molar refractivity (Wildman–Crippen MR) is 42.4 cm³/mol. The first-order valence-corrected chi connectivity index (χ1v) is 2.62. The van der Waals surface area contributed by atoms with Crippen LogP contribution in [0.4, 0.5) is 20.2 Å². The number of halogens is 3. The van der Waals surface area contributed by atoms with Crippen LogP contribution in [0.1, 0.15) is 0 Å². The van der Waals surface area contributed by atoms with Gasteiger partial charge < -0.3 is 11.5 Å². The normalized spacial score (nSPS) is 8.91. The highest BCUT2D eigenvalue weighted by Gasteiger charge is 2.05. The summed E-state index contributed by atoms with van der Waals surface area (Å²) in [6.07, 6.45) is 0.